The molecule has 180 valence electrons. The van der Waals surface area contributed by atoms with Crippen LogP contribution in [0.1, 0.15) is 51.2 Å². The van der Waals surface area contributed by atoms with Gasteiger partial charge in [0, 0.05) is 22.3 Å². The zero-order chi connectivity index (χ0) is 26.0. The number of carbonyl (C=O) groups is 4. The quantitative estimate of drug-likeness (QED) is 0.136. The van der Waals surface area contributed by atoms with Crippen molar-refractivity contribution < 1.29 is 45.5 Å². The van der Waals surface area contributed by atoms with Gasteiger partial charge in [0.15, 0.2) is 34.9 Å². The van der Waals surface area contributed by atoms with Gasteiger partial charge in [-0.1, -0.05) is 0 Å². The standard InChI is InChI=1S/C24H6F6O4S2/c25-11-1-7(2-12(26)17(11)29)19(31)15-5-9-21(33)22(34)10-6-16(36-24(10)23(9)35-15)20(32)8-3-13(27)18(30)14(28)4-8/h1-6H. The van der Waals surface area contributed by atoms with Crippen molar-refractivity contribution in [2.24, 2.45) is 0 Å². The number of fused-ring (bicyclic) bond motifs is 3. The minimum absolute atomic E-state index is 0.113. The van der Waals surface area contributed by atoms with Crippen molar-refractivity contribution in [3.63, 3.8) is 0 Å². The van der Waals surface area contributed by atoms with Gasteiger partial charge in [-0.3, -0.25) is 19.2 Å². The van der Waals surface area contributed by atoms with Gasteiger partial charge in [0.2, 0.25) is 23.1 Å². The third kappa shape index (κ3) is 3.60. The number of benzene rings is 2. The Morgan fingerprint density at radius 2 is 0.833 bits per heavy atom. The van der Waals surface area contributed by atoms with Gasteiger partial charge >= 0.3 is 0 Å². The molecule has 5 rings (SSSR count). The second kappa shape index (κ2) is 8.35. The zero-order valence-corrected chi connectivity index (χ0v) is 18.8. The highest BCUT2D eigenvalue weighted by Gasteiger charge is 2.36. The van der Waals surface area contributed by atoms with Crippen LogP contribution in [-0.4, -0.2) is 23.1 Å². The fourth-order valence-corrected chi connectivity index (χ4v) is 5.98. The van der Waals surface area contributed by atoms with Gasteiger partial charge in [0.25, 0.3) is 0 Å². The number of hydrogen-bond acceptors (Lipinski definition) is 6. The third-order valence-corrected chi connectivity index (χ3v) is 7.74. The van der Waals surface area contributed by atoms with Crippen LogP contribution in [-0.2, 0) is 0 Å². The van der Waals surface area contributed by atoms with Gasteiger partial charge in [-0.15, -0.1) is 22.7 Å². The average Bonchev–Trinajstić information content (AvgIpc) is 3.48. The van der Waals surface area contributed by atoms with Crippen LogP contribution in [0, 0.1) is 34.9 Å². The molecule has 0 saturated heterocycles. The normalized spacial score (nSPS) is 12.5. The number of thiophene rings is 2. The summed E-state index contributed by atoms with van der Waals surface area (Å²) in [7, 11) is 0. The first kappa shape index (κ1) is 23.8. The summed E-state index contributed by atoms with van der Waals surface area (Å²) in [6, 6.07) is 4.05. The van der Waals surface area contributed by atoms with Crippen molar-refractivity contribution in [3.05, 3.63) is 103 Å². The van der Waals surface area contributed by atoms with Gasteiger partial charge in [-0.25, -0.2) is 26.3 Å². The molecule has 0 amide bonds. The van der Waals surface area contributed by atoms with E-state index in [1.807, 2.05) is 0 Å². The first-order chi connectivity index (χ1) is 17.0. The molecule has 0 N–H and O–H groups in total. The van der Waals surface area contributed by atoms with E-state index in [1.165, 1.54) is 0 Å². The van der Waals surface area contributed by atoms with Crippen LogP contribution >= 0.6 is 22.7 Å². The second-order valence-electron chi connectivity index (χ2n) is 7.53. The molecule has 1 aliphatic carbocycles. The summed E-state index contributed by atoms with van der Waals surface area (Å²) in [6.07, 6.45) is 0. The fraction of sp³-hybridized carbons (Fsp3) is 0. The van der Waals surface area contributed by atoms with Crippen molar-refractivity contribution in [1.29, 1.82) is 0 Å². The third-order valence-electron chi connectivity index (χ3n) is 5.31. The van der Waals surface area contributed by atoms with Crippen molar-refractivity contribution in [2.45, 2.75) is 0 Å². The van der Waals surface area contributed by atoms with Gasteiger partial charge in [-0.05, 0) is 36.4 Å². The number of halogens is 6. The van der Waals surface area contributed by atoms with Crippen LogP contribution in [0.4, 0.5) is 26.3 Å². The van der Waals surface area contributed by atoms with Gasteiger partial charge in [0.1, 0.15) is 0 Å². The highest BCUT2D eigenvalue weighted by Crippen LogP contribution is 2.45. The van der Waals surface area contributed by atoms with Crippen LogP contribution in [0.5, 0.6) is 0 Å². The maximum absolute atomic E-state index is 13.6. The summed E-state index contributed by atoms with van der Waals surface area (Å²) in [6.45, 7) is 0. The highest BCUT2D eigenvalue weighted by molar-refractivity contribution is 7.25. The summed E-state index contributed by atoms with van der Waals surface area (Å²) in [5.74, 6) is -13.8. The Hall–Kier alpha value is -3.90. The molecule has 0 saturated carbocycles. The monoisotopic (exact) mass is 536 g/mol. The van der Waals surface area contributed by atoms with E-state index in [0.29, 0.717) is 46.9 Å². The number of Topliss-reactive ketones (excluding diaryl/α,β-unsaturated/α-hetero) is 2. The minimum atomic E-state index is -1.76. The fourth-order valence-electron chi connectivity index (χ4n) is 3.58. The van der Waals surface area contributed by atoms with Crippen LogP contribution in [0.2, 0.25) is 0 Å². The maximum Gasteiger partial charge on any atom is 0.235 e. The molecule has 4 aromatic rings. The number of hydrogen-bond donors (Lipinski definition) is 0. The number of ketones is 4. The number of rotatable bonds is 4. The average molecular weight is 536 g/mol. The Balaban J connectivity index is 1.58. The molecule has 2 aromatic heterocycles. The molecule has 2 aromatic carbocycles. The van der Waals surface area contributed by atoms with E-state index in [0.717, 1.165) is 12.1 Å². The summed E-state index contributed by atoms with van der Waals surface area (Å²) < 4.78 is 80.8. The Bertz CT molecular complexity index is 1510. The molecule has 0 atom stereocenters. The molecule has 36 heavy (non-hydrogen) atoms. The van der Waals surface area contributed by atoms with E-state index in [4.69, 9.17) is 0 Å². The summed E-state index contributed by atoms with van der Waals surface area (Å²) in [5, 5.41) is 0. The van der Waals surface area contributed by atoms with Crippen molar-refractivity contribution in [3.8, 4) is 9.75 Å². The molecular formula is C24H6F6O4S2. The lowest BCUT2D eigenvalue weighted by atomic mass is 9.94. The topological polar surface area (TPSA) is 68.3 Å². The molecule has 0 unspecified atom stereocenters. The molecule has 0 aliphatic heterocycles. The second-order valence-corrected chi connectivity index (χ2v) is 9.64. The van der Waals surface area contributed by atoms with Gasteiger partial charge < -0.3 is 0 Å². The van der Waals surface area contributed by atoms with Crippen molar-refractivity contribution in [1.82, 2.24) is 0 Å². The predicted octanol–water partition coefficient (Wildman–Crippen LogP) is 6.15. The molecule has 0 radical (unpaired) electrons. The molecule has 12 heteroatoms. The van der Waals surface area contributed by atoms with E-state index in [9.17, 15) is 45.5 Å². The summed E-state index contributed by atoms with van der Waals surface area (Å²) in [4.78, 5) is 50.7. The predicted molar refractivity (Wildman–Crippen MR) is 116 cm³/mol. The SMILES string of the molecule is O=C(c1cc(F)c(F)c(F)c1)c1cc2c(s1)-c1sc(C(=O)c3cc(F)c(F)c(F)c3)cc1C(=O)C2=O. The molecular weight excluding hydrogens is 530 g/mol. The first-order valence-electron chi connectivity index (χ1n) is 9.73. The first-order valence-corrected chi connectivity index (χ1v) is 11.4. The van der Waals surface area contributed by atoms with Gasteiger partial charge in [-0.2, -0.15) is 0 Å². The minimum Gasteiger partial charge on any atom is -0.288 e. The molecule has 1 aliphatic rings. The Labute approximate surface area is 204 Å². The van der Waals surface area contributed by atoms with Crippen LogP contribution in [0.25, 0.3) is 9.75 Å². The maximum atomic E-state index is 13.6. The Kier molecular flexibility index (Phi) is 5.52. The Morgan fingerprint density at radius 3 is 1.14 bits per heavy atom. The smallest absolute Gasteiger partial charge is 0.235 e. The van der Waals surface area contributed by atoms with Crippen molar-refractivity contribution >= 4 is 45.8 Å². The molecule has 0 spiro atoms. The summed E-state index contributed by atoms with van der Waals surface area (Å²) >= 11 is 1.40. The van der Waals surface area contributed by atoms with E-state index >= 15 is 0 Å². The van der Waals surface area contributed by atoms with Crippen molar-refractivity contribution in [2.75, 3.05) is 0 Å². The number of carbonyl (C=O) groups excluding carboxylic acids is 4. The molecule has 2 heterocycles. The van der Waals surface area contributed by atoms with Crippen LogP contribution in [0.3, 0.4) is 0 Å². The molecule has 4 nitrogen and oxygen atoms in total. The van der Waals surface area contributed by atoms with E-state index in [2.05, 4.69) is 0 Å². The van der Waals surface area contributed by atoms with E-state index in [-0.39, 0.29) is 30.6 Å². The molecule has 0 bridgehead atoms. The largest absolute Gasteiger partial charge is 0.288 e. The lowest BCUT2D eigenvalue weighted by Gasteiger charge is -2.08. The Morgan fingerprint density at radius 1 is 0.528 bits per heavy atom. The lowest BCUT2D eigenvalue weighted by molar-refractivity contribution is 0.0816. The van der Waals surface area contributed by atoms with Gasteiger partial charge in [0.05, 0.1) is 19.5 Å². The van der Waals surface area contributed by atoms with E-state index < -0.39 is 69.2 Å². The zero-order valence-electron chi connectivity index (χ0n) is 17.2. The molecule has 0 fully saturated rings. The van der Waals surface area contributed by atoms with Crippen LogP contribution in [0.15, 0.2) is 36.4 Å². The lowest BCUT2D eigenvalue weighted by Crippen LogP contribution is -2.18. The highest BCUT2D eigenvalue weighted by atomic mass is 32.1. The van der Waals surface area contributed by atoms with E-state index in [1.54, 1.807) is 0 Å². The summed E-state index contributed by atoms with van der Waals surface area (Å²) in [5.41, 5.74) is -1.45. The van der Waals surface area contributed by atoms with Crippen LogP contribution < -0.4 is 0 Å².